The third-order valence-corrected chi connectivity index (χ3v) is 4.57. The highest BCUT2D eigenvalue weighted by Gasteiger charge is 2.30. The van der Waals surface area contributed by atoms with Crippen molar-refractivity contribution in [3.63, 3.8) is 0 Å². The topological polar surface area (TPSA) is 97.6 Å². The van der Waals surface area contributed by atoms with Gasteiger partial charge in [0, 0.05) is 18.8 Å². The Morgan fingerprint density at radius 1 is 1.52 bits per heavy atom. The summed E-state index contributed by atoms with van der Waals surface area (Å²) >= 11 is 0. The first-order valence-electron chi connectivity index (χ1n) is 6.87. The molecule has 0 spiro atoms. The van der Waals surface area contributed by atoms with E-state index in [4.69, 9.17) is 9.84 Å². The Hall–Kier alpha value is -1.38. The smallest absolute Gasteiger partial charge is 0.352 e. The molecule has 1 aromatic heterocycles. The van der Waals surface area contributed by atoms with Crippen LogP contribution in [0.1, 0.15) is 43.2 Å². The number of carbonyl (C=O) groups is 1. The van der Waals surface area contributed by atoms with E-state index < -0.39 is 16.0 Å². The zero-order valence-electron chi connectivity index (χ0n) is 12.1. The van der Waals surface area contributed by atoms with Crippen LogP contribution in [-0.4, -0.2) is 43.3 Å². The van der Waals surface area contributed by atoms with Crippen LogP contribution in [0.5, 0.6) is 0 Å². The van der Waals surface area contributed by atoms with Crippen LogP contribution in [0.15, 0.2) is 17.2 Å². The summed E-state index contributed by atoms with van der Waals surface area (Å²) in [6.45, 7) is 4.15. The van der Waals surface area contributed by atoms with E-state index in [1.165, 1.54) is 16.8 Å². The van der Waals surface area contributed by atoms with Crippen molar-refractivity contribution in [2.45, 2.75) is 43.7 Å². The molecule has 8 heteroatoms. The number of ether oxygens (including phenoxy) is 1. The first-order valence-corrected chi connectivity index (χ1v) is 8.36. The summed E-state index contributed by atoms with van der Waals surface area (Å²) in [7, 11) is -3.71. The van der Waals surface area contributed by atoms with Crippen LogP contribution in [0.4, 0.5) is 0 Å². The lowest BCUT2D eigenvalue weighted by atomic mass is 10.4. The van der Waals surface area contributed by atoms with Gasteiger partial charge in [-0.15, -0.1) is 0 Å². The summed E-state index contributed by atoms with van der Waals surface area (Å²) in [5.41, 5.74) is 0.0105. The van der Waals surface area contributed by atoms with Crippen molar-refractivity contribution in [2.24, 2.45) is 0 Å². The molecule has 2 rings (SSSR count). The minimum atomic E-state index is -3.71. The van der Waals surface area contributed by atoms with Gasteiger partial charge in [0.05, 0.1) is 12.7 Å². The SMILES string of the molecule is CC(C)OCCNS(=O)(=O)c1cc(C(=O)O)n(C2CC2)c1. The fraction of sp³-hybridized carbons (Fsp3) is 0.615. The molecule has 1 saturated carbocycles. The minimum Gasteiger partial charge on any atom is -0.477 e. The molecule has 7 nitrogen and oxygen atoms in total. The van der Waals surface area contributed by atoms with E-state index in [0.29, 0.717) is 0 Å². The van der Waals surface area contributed by atoms with Gasteiger partial charge in [0.25, 0.3) is 0 Å². The number of hydrogen-bond acceptors (Lipinski definition) is 4. The summed E-state index contributed by atoms with van der Waals surface area (Å²) in [5, 5.41) is 9.14. The number of aromatic carboxylic acids is 1. The van der Waals surface area contributed by atoms with E-state index in [-0.39, 0.29) is 35.9 Å². The van der Waals surface area contributed by atoms with E-state index in [2.05, 4.69) is 4.72 Å². The van der Waals surface area contributed by atoms with Gasteiger partial charge >= 0.3 is 5.97 Å². The molecule has 1 aliphatic carbocycles. The van der Waals surface area contributed by atoms with Gasteiger partial charge in [-0.25, -0.2) is 17.9 Å². The van der Waals surface area contributed by atoms with E-state index in [0.717, 1.165) is 12.8 Å². The normalized spacial score (nSPS) is 15.6. The third kappa shape index (κ3) is 4.05. The number of sulfonamides is 1. The Balaban J connectivity index is 2.09. The van der Waals surface area contributed by atoms with Crippen LogP contribution in [0.25, 0.3) is 0 Å². The van der Waals surface area contributed by atoms with Crippen LogP contribution in [0.3, 0.4) is 0 Å². The Bertz CT molecular complexity index is 617. The summed E-state index contributed by atoms with van der Waals surface area (Å²) in [5.74, 6) is -1.12. The van der Waals surface area contributed by atoms with Gasteiger partial charge in [-0.1, -0.05) is 0 Å². The minimum absolute atomic E-state index is 0.0105. The highest BCUT2D eigenvalue weighted by Crippen LogP contribution is 2.37. The van der Waals surface area contributed by atoms with Gasteiger partial charge in [0.2, 0.25) is 10.0 Å². The molecule has 0 bridgehead atoms. The maximum Gasteiger partial charge on any atom is 0.352 e. The second-order valence-electron chi connectivity index (χ2n) is 5.32. The lowest BCUT2D eigenvalue weighted by Gasteiger charge is -2.08. The standard InChI is InChI=1S/C13H20N2O5S/c1-9(2)20-6-5-14-21(18,19)11-7-12(13(16)17)15(8-11)10-3-4-10/h7-10,14H,3-6H2,1-2H3,(H,16,17). The second kappa shape index (κ2) is 6.17. The largest absolute Gasteiger partial charge is 0.477 e. The second-order valence-corrected chi connectivity index (χ2v) is 7.09. The number of carboxylic acids is 1. The molecular weight excluding hydrogens is 296 g/mol. The molecule has 118 valence electrons. The van der Waals surface area contributed by atoms with Crippen LogP contribution < -0.4 is 4.72 Å². The monoisotopic (exact) mass is 316 g/mol. The molecule has 1 aliphatic rings. The predicted molar refractivity (Wildman–Crippen MR) is 75.9 cm³/mol. The maximum atomic E-state index is 12.1. The number of aromatic nitrogens is 1. The van der Waals surface area contributed by atoms with E-state index in [1.54, 1.807) is 0 Å². The quantitative estimate of drug-likeness (QED) is 0.703. The van der Waals surface area contributed by atoms with E-state index in [9.17, 15) is 13.2 Å². The maximum absolute atomic E-state index is 12.1. The molecule has 0 radical (unpaired) electrons. The summed E-state index contributed by atoms with van der Waals surface area (Å²) in [6.07, 6.45) is 3.19. The summed E-state index contributed by atoms with van der Waals surface area (Å²) < 4.78 is 33.5. The first-order chi connectivity index (χ1) is 9.81. The molecule has 0 saturated heterocycles. The van der Waals surface area contributed by atoms with Gasteiger partial charge in [-0.2, -0.15) is 0 Å². The molecule has 0 aromatic carbocycles. The predicted octanol–water partition coefficient (Wildman–Crippen LogP) is 1.22. The Morgan fingerprint density at radius 3 is 2.71 bits per heavy atom. The van der Waals surface area contributed by atoms with Gasteiger partial charge in [0.1, 0.15) is 10.6 Å². The van der Waals surface area contributed by atoms with Crippen LogP contribution in [0, 0.1) is 0 Å². The zero-order valence-corrected chi connectivity index (χ0v) is 12.9. The van der Waals surface area contributed by atoms with Crippen LogP contribution in [0.2, 0.25) is 0 Å². The average Bonchev–Trinajstić information content (AvgIpc) is 3.12. The average molecular weight is 316 g/mol. The molecule has 0 unspecified atom stereocenters. The van der Waals surface area contributed by atoms with Crippen molar-refractivity contribution in [2.75, 3.05) is 13.2 Å². The van der Waals surface area contributed by atoms with Crippen LogP contribution in [-0.2, 0) is 14.8 Å². The number of nitrogens with zero attached hydrogens (tertiary/aromatic N) is 1. The highest BCUT2D eigenvalue weighted by molar-refractivity contribution is 7.89. The Labute approximate surface area is 124 Å². The number of hydrogen-bond donors (Lipinski definition) is 2. The van der Waals surface area contributed by atoms with Crippen molar-refractivity contribution < 1.29 is 23.1 Å². The van der Waals surface area contributed by atoms with Crippen LogP contribution >= 0.6 is 0 Å². The molecule has 1 heterocycles. The lowest BCUT2D eigenvalue weighted by molar-refractivity contribution is 0.0684. The zero-order chi connectivity index (χ0) is 15.6. The molecule has 0 amide bonds. The number of rotatable bonds is 8. The number of nitrogens with one attached hydrogen (secondary N) is 1. The number of carboxylic acid groups (broad SMARTS) is 1. The fourth-order valence-electron chi connectivity index (χ4n) is 1.98. The summed E-state index contributed by atoms with van der Waals surface area (Å²) in [4.78, 5) is 11.2. The van der Waals surface area contributed by atoms with Crippen molar-refractivity contribution in [1.82, 2.24) is 9.29 Å². The molecular formula is C13H20N2O5S. The fourth-order valence-corrected chi connectivity index (χ4v) is 3.02. The van der Waals surface area contributed by atoms with Crippen molar-refractivity contribution in [3.8, 4) is 0 Å². The van der Waals surface area contributed by atoms with E-state index >= 15 is 0 Å². The molecule has 0 atom stereocenters. The molecule has 1 aromatic rings. The molecule has 1 fully saturated rings. The van der Waals surface area contributed by atoms with Crippen molar-refractivity contribution in [1.29, 1.82) is 0 Å². The highest BCUT2D eigenvalue weighted by atomic mass is 32.2. The lowest BCUT2D eigenvalue weighted by Crippen LogP contribution is -2.28. The van der Waals surface area contributed by atoms with Crippen molar-refractivity contribution in [3.05, 3.63) is 18.0 Å². The summed E-state index contributed by atoms with van der Waals surface area (Å²) in [6, 6.07) is 1.30. The van der Waals surface area contributed by atoms with Crippen molar-refractivity contribution >= 4 is 16.0 Å². The van der Waals surface area contributed by atoms with Gasteiger partial charge < -0.3 is 14.4 Å². The third-order valence-electron chi connectivity index (χ3n) is 3.14. The van der Waals surface area contributed by atoms with Gasteiger partial charge in [-0.05, 0) is 32.8 Å². The molecule has 2 N–H and O–H groups in total. The molecule has 0 aliphatic heterocycles. The Morgan fingerprint density at radius 2 is 2.19 bits per heavy atom. The molecule has 21 heavy (non-hydrogen) atoms. The van der Waals surface area contributed by atoms with Gasteiger partial charge in [0.15, 0.2) is 0 Å². The van der Waals surface area contributed by atoms with E-state index in [1.807, 2.05) is 13.8 Å². The Kier molecular flexibility index (Phi) is 4.70. The van der Waals surface area contributed by atoms with Gasteiger partial charge in [-0.3, -0.25) is 0 Å². The first kappa shape index (κ1) is 16.0.